The van der Waals surface area contributed by atoms with Gasteiger partial charge in [-0.15, -0.1) is 0 Å². The van der Waals surface area contributed by atoms with E-state index in [4.69, 9.17) is 5.84 Å². The lowest BCUT2D eigenvalue weighted by Gasteiger charge is -2.35. The fourth-order valence-electron chi connectivity index (χ4n) is 2.46. The van der Waals surface area contributed by atoms with E-state index in [2.05, 4.69) is 24.1 Å². The van der Waals surface area contributed by atoms with E-state index in [9.17, 15) is 4.39 Å². The summed E-state index contributed by atoms with van der Waals surface area (Å²) in [5.41, 5.74) is 4.11. The van der Waals surface area contributed by atoms with Crippen molar-refractivity contribution in [3.63, 3.8) is 0 Å². The highest BCUT2D eigenvalue weighted by Crippen LogP contribution is 2.35. The van der Waals surface area contributed by atoms with Crippen LogP contribution in [0.4, 0.5) is 4.39 Å². The zero-order valence-corrected chi connectivity index (χ0v) is 12.8. The van der Waals surface area contributed by atoms with E-state index in [1.807, 2.05) is 23.9 Å². The van der Waals surface area contributed by atoms with Crippen LogP contribution in [0.3, 0.4) is 0 Å². The number of hydrazine groups is 1. The average molecular weight is 300 g/mol. The summed E-state index contributed by atoms with van der Waals surface area (Å²) in [6.07, 6.45) is 2.02. The van der Waals surface area contributed by atoms with Crippen LogP contribution in [0.25, 0.3) is 0 Å². The molecule has 1 fully saturated rings. The molecule has 1 aliphatic heterocycles. The van der Waals surface area contributed by atoms with Crippen LogP contribution >= 0.6 is 23.5 Å². The Balaban J connectivity index is 2.04. The van der Waals surface area contributed by atoms with Crippen molar-refractivity contribution in [2.75, 3.05) is 11.5 Å². The molecule has 0 aliphatic carbocycles. The lowest BCUT2D eigenvalue weighted by atomic mass is 10.0. The standard InChI is InChI=1S/C14H21FN2S2/c1-2-13-14(19-8-7-18-13)12(17-16)9-10-3-5-11(15)6-4-10/h3-6,12-14,17H,2,7-9,16H2,1H3. The molecule has 5 heteroatoms. The minimum atomic E-state index is -0.185. The van der Waals surface area contributed by atoms with E-state index in [1.165, 1.54) is 30.1 Å². The first-order valence-corrected chi connectivity index (χ1v) is 8.78. The molecule has 106 valence electrons. The predicted molar refractivity (Wildman–Crippen MR) is 84.0 cm³/mol. The number of rotatable bonds is 5. The highest BCUT2D eigenvalue weighted by molar-refractivity contribution is 8.07. The Bertz CT molecular complexity index is 386. The van der Waals surface area contributed by atoms with Gasteiger partial charge < -0.3 is 0 Å². The monoisotopic (exact) mass is 300 g/mol. The number of benzene rings is 1. The van der Waals surface area contributed by atoms with Gasteiger partial charge in [-0.2, -0.15) is 23.5 Å². The molecule has 0 aromatic heterocycles. The molecule has 0 saturated carbocycles. The van der Waals surface area contributed by atoms with E-state index in [0.717, 1.165) is 12.0 Å². The molecule has 0 radical (unpaired) electrons. The lowest BCUT2D eigenvalue weighted by Crippen LogP contribution is -2.49. The highest BCUT2D eigenvalue weighted by Gasteiger charge is 2.31. The fourth-order valence-corrected chi connectivity index (χ4v) is 5.70. The van der Waals surface area contributed by atoms with E-state index >= 15 is 0 Å². The number of halogens is 1. The summed E-state index contributed by atoms with van der Waals surface area (Å²) in [4.78, 5) is 0. The van der Waals surface area contributed by atoms with Crippen LogP contribution in [0.2, 0.25) is 0 Å². The van der Waals surface area contributed by atoms with Crippen molar-refractivity contribution in [3.05, 3.63) is 35.6 Å². The Morgan fingerprint density at radius 3 is 2.63 bits per heavy atom. The van der Waals surface area contributed by atoms with Crippen LogP contribution in [0, 0.1) is 5.82 Å². The Kier molecular flexibility index (Phi) is 6.01. The van der Waals surface area contributed by atoms with Crippen LogP contribution in [0.15, 0.2) is 24.3 Å². The maximum Gasteiger partial charge on any atom is 0.123 e. The summed E-state index contributed by atoms with van der Waals surface area (Å²) in [6, 6.07) is 6.97. The van der Waals surface area contributed by atoms with Gasteiger partial charge in [0.15, 0.2) is 0 Å². The molecule has 0 amide bonds. The zero-order valence-electron chi connectivity index (χ0n) is 11.1. The molecule has 1 aromatic carbocycles. The molecule has 1 saturated heterocycles. The van der Waals surface area contributed by atoms with Gasteiger partial charge in [0.05, 0.1) is 0 Å². The first-order chi connectivity index (χ1) is 9.24. The second-order valence-electron chi connectivity index (χ2n) is 4.76. The third-order valence-electron chi connectivity index (χ3n) is 3.47. The van der Waals surface area contributed by atoms with Gasteiger partial charge in [0.25, 0.3) is 0 Å². The molecular formula is C14H21FN2S2. The molecule has 1 aromatic rings. The average Bonchev–Trinajstić information content (AvgIpc) is 2.46. The topological polar surface area (TPSA) is 38.0 Å². The number of thioether (sulfide) groups is 2. The third kappa shape index (κ3) is 4.12. The predicted octanol–water partition coefficient (Wildman–Crippen LogP) is 2.83. The number of nitrogens with one attached hydrogen (secondary N) is 1. The maximum absolute atomic E-state index is 12.9. The first-order valence-electron chi connectivity index (χ1n) is 6.68. The molecule has 3 N–H and O–H groups in total. The summed E-state index contributed by atoms with van der Waals surface area (Å²) in [7, 11) is 0. The van der Waals surface area contributed by atoms with Crippen LogP contribution in [0.1, 0.15) is 18.9 Å². The van der Waals surface area contributed by atoms with Crippen molar-refractivity contribution in [2.45, 2.75) is 36.3 Å². The van der Waals surface area contributed by atoms with Gasteiger partial charge in [0.2, 0.25) is 0 Å². The van der Waals surface area contributed by atoms with Crippen molar-refractivity contribution >= 4 is 23.5 Å². The Morgan fingerprint density at radius 2 is 2.00 bits per heavy atom. The number of hydrogen-bond acceptors (Lipinski definition) is 4. The Hall–Kier alpha value is -0.230. The summed E-state index contributed by atoms with van der Waals surface area (Å²) < 4.78 is 12.9. The van der Waals surface area contributed by atoms with Crippen LogP contribution in [-0.2, 0) is 6.42 Å². The molecule has 0 bridgehead atoms. The first kappa shape index (κ1) is 15.2. The van der Waals surface area contributed by atoms with Crippen LogP contribution in [0.5, 0.6) is 0 Å². The smallest absolute Gasteiger partial charge is 0.123 e. The summed E-state index contributed by atoms with van der Waals surface area (Å²) in [5, 5.41) is 1.18. The molecule has 3 atom stereocenters. The highest BCUT2D eigenvalue weighted by atomic mass is 32.2. The van der Waals surface area contributed by atoms with E-state index in [1.54, 1.807) is 0 Å². The minimum absolute atomic E-state index is 0.185. The van der Waals surface area contributed by atoms with Crippen molar-refractivity contribution in [1.82, 2.24) is 5.43 Å². The van der Waals surface area contributed by atoms with Crippen molar-refractivity contribution in [2.24, 2.45) is 5.84 Å². The summed E-state index contributed by atoms with van der Waals surface area (Å²) >= 11 is 4.07. The van der Waals surface area contributed by atoms with Gasteiger partial charge in [0, 0.05) is 28.0 Å². The Morgan fingerprint density at radius 1 is 1.32 bits per heavy atom. The molecule has 0 spiro atoms. The van der Waals surface area contributed by atoms with Crippen LogP contribution < -0.4 is 11.3 Å². The third-order valence-corrected chi connectivity index (χ3v) is 6.88. The van der Waals surface area contributed by atoms with Gasteiger partial charge >= 0.3 is 0 Å². The molecule has 1 heterocycles. The Labute approximate surface area is 123 Å². The fraction of sp³-hybridized carbons (Fsp3) is 0.571. The second kappa shape index (κ2) is 7.53. The van der Waals surface area contributed by atoms with Gasteiger partial charge in [0.1, 0.15) is 5.82 Å². The van der Waals surface area contributed by atoms with Gasteiger partial charge in [-0.1, -0.05) is 19.1 Å². The molecule has 1 aliphatic rings. The molecule has 2 nitrogen and oxygen atoms in total. The molecule has 2 rings (SSSR count). The van der Waals surface area contributed by atoms with Crippen LogP contribution in [-0.4, -0.2) is 28.0 Å². The van der Waals surface area contributed by atoms with E-state index in [0.29, 0.717) is 10.5 Å². The van der Waals surface area contributed by atoms with E-state index < -0.39 is 0 Å². The second-order valence-corrected chi connectivity index (χ2v) is 7.39. The summed E-state index contributed by atoms with van der Waals surface area (Å²) in [5.74, 6) is 7.98. The van der Waals surface area contributed by atoms with Crippen molar-refractivity contribution < 1.29 is 4.39 Å². The number of hydrogen-bond donors (Lipinski definition) is 2. The van der Waals surface area contributed by atoms with Gasteiger partial charge in [-0.25, -0.2) is 4.39 Å². The molecular weight excluding hydrogens is 279 g/mol. The zero-order chi connectivity index (χ0) is 13.7. The lowest BCUT2D eigenvalue weighted by molar-refractivity contribution is 0.490. The largest absolute Gasteiger partial charge is 0.271 e. The summed E-state index contributed by atoms with van der Waals surface area (Å²) in [6.45, 7) is 2.24. The molecule has 3 unspecified atom stereocenters. The van der Waals surface area contributed by atoms with Gasteiger partial charge in [-0.3, -0.25) is 11.3 Å². The van der Waals surface area contributed by atoms with Crippen molar-refractivity contribution in [3.8, 4) is 0 Å². The van der Waals surface area contributed by atoms with Gasteiger partial charge in [-0.05, 0) is 30.5 Å². The van der Waals surface area contributed by atoms with E-state index in [-0.39, 0.29) is 11.9 Å². The maximum atomic E-state index is 12.9. The molecule has 19 heavy (non-hydrogen) atoms. The number of nitrogens with two attached hydrogens (primary N) is 1. The SMILES string of the molecule is CCC1SCCSC1C(Cc1ccc(F)cc1)NN. The normalized spacial score (nSPS) is 25.2. The quantitative estimate of drug-likeness (QED) is 0.648. The van der Waals surface area contributed by atoms with Crippen molar-refractivity contribution in [1.29, 1.82) is 0 Å². The minimum Gasteiger partial charge on any atom is -0.271 e.